The zero-order valence-corrected chi connectivity index (χ0v) is 21.2. The second kappa shape index (κ2) is 12.3. The van der Waals surface area contributed by atoms with E-state index in [0.29, 0.717) is 29.8 Å². The minimum atomic E-state index is -0.815. The third-order valence-electron chi connectivity index (χ3n) is 7.23. The van der Waals surface area contributed by atoms with E-state index in [-0.39, 0.29) is 16.9 Å². The predicted octanol–water partition coefficient (Wildman–Crippen LogP) is 9.64. The average Bonchev–Trinajstić information content (AvgIpc) is 2.89. The molecule has 1 aliphatic rings. The standard InChI is InChI=1S/C32H35F3O/c1-3-4-5-20-36-30-19-17-27(21-29(30)33)24-13-8-23(9-14-24)10-15-26-16-18-28(32(35)31(26)34)25-11-6-22(2)7-12-25/h6-7,10-12,15-19,21,23-24H,3-5,8-9,13-14,20H2,1-2H3/b15-10+. The molecule has 0 unspecified atom stereocenters. The maximum atomic E-state index is 14.8. The first-order chi connectivity index (χ1) is 17.5. The first-order valence-electron chi connectivity index (χ1n) is 13.1. The van der Waals surface area contributed by atoms with Gasteiger partial charge in [-0.15, -0.1) is 0 Å². The lowest BCUT2D eigenvalue weighted by Gasteiger charge is -2.27. The van der Waals surface area contributed by atoms with Crippen LogP contribution < -0.4 is 4.74 Å². The molecule has 36 heavy (non-hydrogen) atoms. The zero-order valence-electron chi connectivity index (χ0n) is 21.2. The molecule has 1 aliphatic carbocycles. The van der Waals surface area contributed by atoms with Gasteiger partial charge in [0.2, 0.25) is 0 Å². The molecule has 0 amide bonds. The molecule has 0 saturated heterocycles. The molecule has 1 fully saturated rings. The highest BCUT2D eigenvalue weighted by Crippen LogP contribution is 2.38. The van der Waals surface area contributed by atoms with Gasteiger partial charge < -0.3 is 4.74 Å². The fourth-order valence-electron chi connectivity index (χ4n) is 4.96. The van der Waals surface area contributed by atoms with Crippen molar-refractivity contribution in [1.29, 1.82) is 0 Å². The van der Waals surface area contributed by atoms with Crippen molar-refractivity contribution in [3.8, 4) is 16.9 Å². The number of unbranched alkanes of at least 4 members (excludes halogenated alkanes) is 2. The molecular formula is C32H35F3O. The molecule has 0 radical (unpaired) electrons. The van der Waals surface area contributed by atoms with E-state index in [4.69, 9.17) is 4.74 Å². The van der Waals surface area contributed by atoms with Gasteiger partial charge in [0, 0.05) is 11.1 Å². The maximum absolute atomic E-state index is 14.8. The molecule has 3 aromatic carbocycles. The minimum absolute atomic E-state index is 0.266. The SMILES string of the molecule is CCCCCOc1ccc(C2CCC(/C=C/c3ccc(-c4ccc(C)cc4)c(F)c3F)CC2)cc1F. The summed E-state index contributed by atoms with van der Waals surface area (Å²) in [4.78, 5) is 0. The summed E-state index contributed by atoms with van der Waals surface area (Å²) in [6.45, 7) is 4.63. The van der Waals surface area contributed by atoms with E-state index in [1.54, 1.807) is 42.5 Å². The Kier molecular flexibility index (Phi) is 8.90. The maximum Gasteiger partial charge on any atom is 0.167 e. The molecule has 0 atom stereocenters. The van der Waals surface area contributed by atoms with Gasteiger partial charge in [-0.2, -0.15) is 0 Å². The summed E-state index contributed by atoms with van der Waals surface area (Å²) in [5, 5.41) is 0. The summed E-state index contributed by atoms with van der Waals surface area (Å²) >= 11 is 0. The highest BCUT2D eigenvalue weighted by molar-refractivity contribution is 5.67. The lowest BCUT2D eigenvalue weighted by Crippen LogP contribution is -2.12. The van der Waals surface area contributed by atoms with Crippen molar-refractivity contribution < 1.29 is 17.9 Å². The Bertz CT molecular complexity index is 1170. The van der Waals surface area contributed by atoms with Crippen LogP contribution in [0.4, 0.5) is 13.2 Å². The van der Waals surface area contributed by atoms with Crippen LogP contribution >= 0.6 is 0 Å². The summed E-state index contributed by atoms with van der Waals surface area (Å²) in [6.07, 6.45) is 10.6. The summed E-state index contributed by atoms with van der Waals surface area (Å²) in [5.74, 6) is -0.991. The summed E-state index contributed by atoms with van der Waals surface area (Å²) in [6, 6.07) is 16.0. The van der Waals surface area contributed by atoms with Crippen LogP contribution in [-0.2, 0) is 0 Å². The largest absolute Gasteiger partial charge is 0.491 e. The van der Waals surface area contributed by atoms with Crippen LogP contribution in [0, 0.1) is 30.3 Å². The molecule has 0 spiro atoms. The summed E-state index contributed by atoms with van der Waals surface area (Å²) < 4.78 is 49.7. The van der Waals surface area contributed by atoms with E-state index in [1.165, 1.54) is 0 Å². The Morgan fingerprint density at radius 2 is 1.61 bits per heavy atom. The van der Waals surface area contributed by atoms with Crippen molar-refractivity contribution in [2.45, 2.75) is 64.7 Å². The van der Waals surface area contributed by atoms with Crippen LogP contribution in [0.3, 0.4) is 0 Å². The van der Waals surface area contributed by atoms with Crippen molar-refractivity contribution in [2.75, 3.05) is 6.61 Å². The van der Waals surface area contributed by atoms with Gasteiger partial charge in [-0.25, -0.2) is 13.2 Å². The fourth-order valence-corrected chi connectivity index (χ4v) is 4.96. The second-order valence-electron chi connectivity index (χ2n) is 9.91. The first-order valence-corrected chi connectivity index (χ1v) is 13.1. The number of benzene rings is 3. The van der Waals surface area contributed by atoms with Crippen LogP contribution in [0.5, 0.6) is 5.75 Å². The number of hydrogen-bond donors (Lipinski definition) is 0. The van der Waals surface area contributed by atoms with Crippen LogP contribution in [0.1, 0.15) is 74.5 Å². The van der Waals surface area contributed by atoms with Crippen molar-refractivity contribution >= 4 is 6.08 Å². The molecule has 0 aromatic heterocycles. The third kappa shape index (κ3) is 6.40. The smallest absolute Gasteiger partial charge is 0.167 e. The van der Waals surface area contributed by atoms with Crippen molar-refractivity contribution in [3.63, 3.8) is 0 Å². The number of rotatable bonds is 9. The highest BCUT2D eigenvalue weighted by atomic mass is 19.2. The van der Waals surface area contributed by atoms with Crippen LogP contribution in [0.15, 0.2) is 60.7 Å². The Morgan fingerprint density at radius 1 is 0.861 bits per heavy atom. The average molecular weight is 493 g/mol. The number of hydrogen-bond acceptors (Lipinski definition) is 1. The minimum Gasteiger partial charge on any atom is -0.491 e. The first kappa shape index (κ1) is 26.1. The van der Waals surface area contributed by atoms with Crippen molar-refractivity contribution in [2.24, 2.45) is 5.92 Å². The van der Waals surface area contributed by atoms with Gasteiger partial charge in [0.05, 0.1) is 6.61 Å². The summed E-state index contributed by atoms with van der Waals surface area (Å²) in [7, 11) is 0. The monoisotopic (exact) mass is 492 g/mol. The van der Waals surface area contributed by atoms with Gasteiger partial charge >= 0.3 is 0 Å². The number of allylic oxidation sites excluding steroid dienone is 1. The van der Waals surface area contributed by atoms with Gasteiger partial charge in [0.25, 0.3) is 0 Å². The van der Waals surface area contributed by atoms with E-state index in [0.717, 1.165) is 56.1 Å². The van der Waals surface area contributed by atoms with E-state index >= 15 is 0 Å². The topological polar surface area (TPSA) is 9.23 Å². The Labute approximate surface area is 213 Å². The molecule has 0 heterocycles. The van der Waals surface area contributed by atoms with Gasteiger partial charge in [-0.05, 0) is 74.1 Å². The van der Waals surface area contributed by atoms with Crippen LogP contribution in [0.2, 0.25) is 0 Å². The van der Waals surface area contributed by atoms with Gasteiger partial charge in [0.15, 0.2) is 23.2 Å². The van der Waals surface area contributed by atoms with Crippen molar-refractivity contribution in [3.05, 3.63) is 94.8 Å². The predicted molar refractivity (Wildman–Crippen MR) is 142 cm³/mol. The van der Waals surface area contributed by atoms with Crippen LogP contribution in [0.25, 0.3) is 17.2 Å². The van der Waals surface area contributed by atoms with E-state index in [9.17, 15) is 13.2 Å². The normalized spacial score (nSPS) is 18.0. The number of ether oxygens (including phenoxy) is 1. The Morgan fingerprint density at radius 3 is 2.31 bits per heavy atom. The third-order valence-corrected chi connectivity index (χ3v) is 7.23. The Hall–Kier alpha value is -3.01. The fraction of sp³-hybridized carbons (Fsp3) is 0.375. The van der Waals surface area contributed by atoms with E-state index < -0.39 is 11.6 Å². The highest BCUT2D eigenvalue weighted by Gasteiger charge is 2.22. The van der Waals surface area contributed by atoms with E-state index in [2.05, 4.69) is 6.92 Å². The van der Waals surface area contributed by atoms with Crippen LogP contribution in [-0.4, -0.2) is 6.61 Å². The second-order valence-corrected chi connectivity index (χ2v) is 9.91. The molecule has 4 rings (SSSR count). The van der Waals surface area contributed by atoms with E-state index in [1.807, 2.05) is 31.2 Å². The number of aryl methyl sites for hydroxylation is 1. The molecule has 3 aromatic rings. The van der Waals surface area contributed by atoms with Gasteiger partial charge in [-0.1, -0.05) is 79.9 Å². The molecular weight excluding hydrogens is 457 g/mol. The molecule has 190 valence electrons. The molecule has 0 aliphatic heterocycles. The lowest BCUT2D eigenvalue weighted by molar-refractivity contribution is 0.291. The molecule has 1 nitrogen and oxygen atoms in total. The summed E-state index contributed by atoms with van der Waals surface area (Å²) in [5.41, 5.74) is 3.29. The number of halogens is 3. The molecule has 4 heteroatoms. The van der Waals surface area contributed by atoms with Crippen molar-refractivity contribution in [1.82, 2.24) is 0 Å². The lowest BCUT2D eigenvalue weighted by atomic mass is 9.78. The quantitative estimate of drug-likeness (QED) is 0.270. The Balaban J connectivity index is 1.34. The zero-order chi connectivity index (χ0) is 25.5. The molecule has 1 saturated carbocycles. The van der Waals surface area contributed by atoms with Gasteiger partial charge in [0.1, 0.15) is 0 Å². The molecule has 0 N–H and O–H groups in total. The van der Waals surface area contributed by atoms with Gasteiger partial charge in [-0.3, -0.25) is 0 Å². The molecule has 0 bridgehead atoms.